The standard InChI is InChI=1S/C27H30N2O5S/c1-19-10-15-23-24(17-27(2,3)34-25(23)16-19)28-26(30)18-29(20-8-6-5-7-9-20)35(31,32)22-13-11-21(33-4)12-14-22/h5-16,24H,17-18H2,1-4H3,(H,28,30). The van der Waals surface area contributed by atoms with Crippen LogP contribution in [-0.2, 0) is 14.8 Å². The summed E-state index contributed by atoms with van der Waals surface area (Å²) < 4.78 is 39.6. The van der Waals surface area contributed by atoms with Crippen LogP contribution in [0.5, 0.6) is 11.5 Å². The Bertz CT molecular complexity index is 1310. The van der Waals surface area contributed by atoms with E-state index in [1.54, 1.807) is 42.5 Å². The van der Waals surface area contributed by atoms with E-state index in [-0.39, 0.29) is 17.5 Å². The minimum absolute atomic E-state index is 0.0722. The number of benzene rings is 3. The van der Waals surface area contributed by atoms with E-state index >= 15 is 0 Å². The number of ether oxygens (including phenoxy) is 2. The second-order valence-corrected chi connectivity index (χ2v) is 11.1. The van der Waals surface area contributed by atoms with Gasteiger partial charge in [-0.3, -0.25) is 9.10 Å². The highest BCUT2D eigenvalue weighted by Gasteiger charge is 2.35. The van der Waals surface area contributed by atoms with Crippen molar-refractivity contribution in [2.24, 2.45) is 0 Å². The number of hydrogen-bond donors (Lipinski definition) is 1. The highest BCUT2D eigenvalue weighted by atomic mass is 32.2. The molecule has 184 valence electrons. The second-order valence-electron chi connectivity index (χ2n) is 9.25. The van der Waals surface area contributed by atoms with Crippen LogP contribution in [-0.4, -0.2) is 33.6 Å². The number of aryl methyl sites for hydroxylation is 1. The molecule has 0 fully saturated rings. The van der Waals surface area contributed by atoms with Gasteiger partial charge in [-0.1, -0.05) is 30.3 Å². The van der Waals surface area contributed by atoms with Crippen LogP contribution in [0.4, 0.5) is 5.69 Å². The van der Waals surface area contributed by atoms with E-state index in [9.17, 15) is 13.2 Å². The molecular weight excluding hydrogens is 464 g/mol. The summed E-state index contributed by atoms with van der Waals surface area (Å²) in [5, 5.41) is 3.05. The van der Waals surface area contributed by atoms with Crippen molar-refractivity contribution in [3.8, 4) is 11.5 Å². The first kappa shape index (κ1) is 24.6. The summed E-state index contributed by atoms with van der Waals surface area (Å²) in [4.78, 5) is 13.4. The molecule has 1 amide bonds. The van der Waals surface area contributed by atoms with Crippen LogP contribution < -0.4 is 19.1 Å². The van der Waals surface area contributed by atoms with Crippen molar-refractivity contribution in [3.63, 3.8) is 0 Å². The monoisotopic (exact) mass is 494 g/mol. The van der Waals surface area contributed by atoms with E-state index in [4.69, 9.17) is 9.47 Å². The number of sulfonamides is 1. The molecule has 4 rings (SSSR count). The Morgan fingerprint density at radius 3 is 2.43 bits per heavy atom. The molecule has 35 heavy (non-hydrogen) atoms. The molecular formula is C27H30N2O5S. The number of nitrogens with zero attached hydrogens (tertiary/aromatic N) is 1. The van der Waals surface area contributed by atoms with Gasteiger partial charge in [0.1, 0.15) is 23.6 Å². The van der Waals surface area contributed by atoms with Gasteiger partial charge < -0.3 is 14.8 Å². The van der Waals surface area contributed by atoms with Crippen molar-refractivity contribution in [2.45, 2.75) is 43.7 Å². The lowest BCUT2D eigenvalue weighted by Gasteiger charge is -2.38. The minimum Gasteiger partial charge on any atom is -0.497 e. The lowest BCUT2D eigenvalue weighted by atomic mass is 9.89. The molecule has 0 saturated heterocycles. The minimum atomic E-state index is -4.01. The third kappa shape index (κ3) is 5.43. The number of methoxy groups -OCH3 is 1. The number of para-hydroxylation sites is 1. The number of rotatable bonds is 7. The van der Waals surface area contributed by atoms with E-state index in [0.717, 1.165) is 21.2 Å². The van der Waals surface area contributed by atoms with Gasteiger partial charge in [0.05, 0.1) is 23.7 Å². The van der Waals surface area contributed by atoms with Gasteiger partial charge in [0.25, 0.3) is 10.0 Å². The topological polar surface area (TPSA) is 84.9 Å². The molecule has 8 heteroatoms. The number of carbonyl (C=O) groups excluding carboxylic acids is 1. The Morgan fingerprint density at radius 1 is 1.09 bits per heavy atom. The maximum Gasteiger partial charge on any atom is 0.264 e. The fourth-order valence-electron chi connectivity index (χ4n) is 4.24. The molecule has 1 aliphatic rings. The van der Waals surface area contributed by atoms with E-state index in [1.165, 1.54) is 19.2 Å². The zero-order valence-electron chi connectivity index (χ0n) is 20.3. The molecule has 0 aromatic heterocycles. The van der Waals surface area contributed by atoms with Gasteiger partial charge in [-0.15, -0.1) is 0 Å². The summed E-state index contributed by atoms with van der Waals surface area (Å²) >= 11 is 0. The Balaban J connectivity index is 1.62. The molecule has 3 aromatic carbocycles. The third-order valence-electron chi connectivity index (χ3n) is 5.94. The van der Waals surface area contributed by atoms with Gasteiger partial charge in [-0.2, -0.15) is 0 Å². The number of fused-ring (bicyclic) bond motifs is 1. The molecule has 0 spiro atoms. The predicted molar refractivity (Wildman–Crippen MR) is 135 cm³/mol. The van der Waals surface area contributed by atoms with Crippen LogP contribution in [0, 0.1) is 6.92 Å². The lowest BCUT2D eigenvalue weighted by molar-refractivity contribution is -0.120. The summed E-state index contributed by atoms with van der Waals surface area (Å²) in [5.74, 6) is 0.876. The maximum atomic E-state index is 13.6. The fraction of sp³-hybridized carbons (Fsp3) is 0.296. The second kappa shape index (κ2) is 9.62. The summed E-state index contributed by atoms with van der Waals surface area (Å²) in [6, 6.07) is 20.3. The summed E-state index contributed by atoms with van der Waals surface area (Å²) in [6.45, 7) is 5.57. The molecule has 1 aliphatic heterocycles. The SMILES string of the molecule is COc1ccc(S(=O)(=O)N(CC(=O)NC2CC(C)(C)Oc3cc(C)ccc32)c2ccccc2)cc1. The molecule has 0 saturated carbocycles. The van der Waals surface area contributed by atoms with Gasteiger partial charge >= 0.3 is 0 Å². The van der Waals surface area contributed by atoms with Crippen LogP contribution in [0.2, 0.25) is 0 Å². The highest BCUT2D eigenvalue weighted by molar-refractivity contribution is 7.92. The highest BCUT2D eigenvalue weighted by Crippen LogP contribution is 2.40. The number of carbonyl (C=O) groups is 1. The molecule has 0 bridgehead atoms. The zero-order valence-corrected chi connectivity index (χ0v) is 21.1. The van der Waals surface area contributed by atoms with Crippen LogP contribution >= 0.6 is 0 Å². The molecule has 1 unspecified atom stereocenters. The molecule has 0 radical (unpaired) electrons. The molecule has 1 atom stereocenters. The Hall–Kier alpha value is -3.52. The first-order valence-corrected chi connectivity index (χ1v) is 12.8. The van der Waals surface area contributed by atoms with Crippen molar-refractivity contribution >= 4 is 21.6 Å². The summed E-state index contributed by atoms with van der Waals surface area (Å²) in [5.41, 5.74) is 1.87. The van der Waals surface area contributed by atoms with Crippen molar-refractivity contribution in [2.75, 3.05) is 18.0 Å². The van der Waals surface area contributed by atoms with Crippen molar-refractivity contribution < 1.29 is 22.7 Å². The molecule has 1 N–H and O–H groups in total. The maximum absolute atomic E-state index is 13.6. The van der Waals surface area contributed by atoms with E-state index < -0.39 is 21.5 Å². The molecule has 7 nitrogen and oxygen atoms in total. The summed E-state index contributed by atoms with van der Waals surface area (Å²) in [7, 11) is -2.50. The Morgan fingerprint density at radius 2 is 1.77 bits per heavy atom. The normalized spacial score (nSPS) is 16.5. The molecule has 1 heterocycles. The Labute approximate surface area is 206 Å². The van der Waals surface area contributed by atoms with Gasteiger partial charge in [-0.05, 0) is 68.8 Å². The largest absolute Gasteiger partial charge is 0.497 e. The average Bonchev–Trinajstić information content (AvgIpc) is 2.82. The van der Waals surface area contributed by atoms with E-state index in [2.05, 4.69) is 5.32 Å². The lowest BCUT2D eigenvalue weighted by Crippen LogP contribution is -2.45. The van der Waals surface area contributed by atoms with Gasteiger partial charge in [0.2, 0.25) is 5.91 Å². The number of nitrogens with one attached hydrogen (secondary N) is 1. The smallest absolute Gasteiger partial charge is 0.264 e. The molecule has 0 aliphatic carbocycles. The fourth-order valence-corrected chi connectivity index (χ4v) is 5.66. The quantitative estimate of drug-likeness (QED) is 0.518. The Kier molecular flexibility index (Phi) is 6.76. The molecule has 3 aromatic rings. The number of amides is 1. The van der Waals surface area contributed by atoms with Crippen LogP contribution in [0.25, 0.3) is 0 Å². The third-order valence-corrected chi connectivity index (χ3v) is 7.73. The predicted octanol–water partition coefficient (Wildman–Crippen LogP) is 4.62. The van der Waals surface area contributed by atoms with Gasteiger partial charge in [0, 0.05) is 12.0 Å². The van der Waals surface area contributed by atoms with Crippen LogP contribution in [0.1, 0.15) is 37.4 Å². The van der Waals surface area contributed by atoms with E-state index in [1.807, 2.05) is 39.0 Å². The first-order chi connectivity index (χ1) is 16.6. The summed E-state index contributed by atoms with van der Waals surface area (Å²) in [6.07, 6.45) is 0.561. The van der Waals surface area contributed by atoms with Crippen LogP contribution in [0.15, 0.2) is 77.7 Å². The first-order valence-electron chi connectivity index (χ1n) is 11.4. The average molecular weight is 495 g/mol. The number of hydrogen-bond acceptors (Lipinski definition) is 5. The van der Waals surface area contributed by atoms with Crippen molar-refractivity contribution in [3.05, 3.63) is 83.9 Å². The van der Waals surface area contributed by atoms with E-state index in [0.29, 0.717) is 17.9 Å². The number of anilines is 1. The van der Waals surface area contributed by atoms with Gasteiger partial charge in [0.15, 0.2) is 0 Å². The van der Waals surface area contributed by atoms with Gasteiger partial charge in [-0.25, -0.2) is 8.42 Å². The zero-order chi connectivity index (χ0) is 25.2. The van der Waals surface area contributed by atoms with Crippen molar-refractivity contribution in [1.29, 1.82) is 0 Å². The van der Waals surface area contributed by atoms with Crippen molar-refractivity contribution in [1.82, 2.24) is 5.32 Å². The van der Waals surface area contributed by atoms with Crippen LogP contribution in [0.3, 0.4) is 0 Å².